The zero-order valence-electron chi connectivity index (χ0n) is 10.3. The highest BCUT2D eigenvalue weighted by Gasteiger charge is 2.18. The van der Waals surface area contributed by atoms with Crippen molar-refractivity contribution in [1.82, 2.24) is 9.97 Å². The van der Waals surface area contributed by atoms with Crippen molar-refractivity contribution in [2.75, 3.05) is 30.3 Å². The Hall–Kier alpha value is -1.40. The molecule has 1 atom stereocenters. The van der Waals surface area contributed by atoms with Crippen molar-refractivity contribution in [3.8, 4) is 0 Å². The summed E-state index contributed by atoms with van der Waals surface area (Å²) in [5.74, 6) is 1.17. The highest BCUT2D eigenvalue weighted by molar-refractivity contribution is 5.39. The molecule has 1 rings (SSSR count). The summed E-state index contributed by atoms with van der Waals surface area (Å²) in [6.07, 6.45) is 2.64. The van der Waals surface area contributed by atoms with E-state index in [2.05, 4.69) is 27.5 Å². The monoisotopic (exact) mass is 240 g/mol. The normalized spacial score (nSPS) is 14.1. The first-order valence-electron chi connectivity index (χ1n) is 5.71. The van der Waals surface area contributed by atoms with E-state index in [1.807, 2.05) is 0 Å². The summed E-state index contributed by atoms with van der Waals surface area (Å²) < 4.78 is 0. The Kier molecular flexibility index (Phi) is 5.11. The molecule has 0 aliphatic heterocycles. The average Bonchev–Trinajstić information content (AvgIpc) is 2.35. The minimum Gasteiger partial charge on any atom is -0.393 e. The molecule has 1 heterocycles. The zero-order valence-corrected chi connectivity index (χ0v) is 10.3. The van der Waals surface area contributed by atoms with E-state index in [0.29, 0.717) is 11.8 Å². The molecule has 1 aromatic rings. The Labute approximate surface area is 101 Å². The molecule has 0 fully saturated rings. The Morgan fingerprint density at radius 2 is 2.18 bits per heavy atom. The van der Waals surface area contributed by atoms with Crippen molar-refractivity contribution in [3.63, 3.8) is 0 Å². The lowest BCUT2D eigenvalue weighted by Gasteiger charge is -2.20. The van der Waals surface area contributed by atoms with E-state index in [0.717, 1.165) is 13.0 Å². The van der Waals surface area contributed by atoms with Crippen LogP contribution in [0.4, 0.5) is 11.8 Å². The standard InChI is InChI=1S/C11H20N4O2/c1-3-5-12-10-13-6-4-9(15-10)14-7-11(2,17)8-16/h4,6,16-17H,3,5,7-8H2,1-2H3,(H2,12,13,14,15). The molecule has 0 aliphatic rings. The summed E-state index contributed by atoms with van der Waals surface area (Å²) in [7, 11) is 0. The van der Waals surface area contributed by atoms with Crippen LogP contribution in [0.1, 0.15) is 20.3 Å². The number of nitrogens with zero attached hydrogens (tertiary/aromatic N) is 2. The lowest BCUT2D eigenvalue weighted by molar-refractivity contribution is 0.0132. The van der Waals surface area contributed by atoms with E-state index in [-0.39, 0.29) is 13.2 Å². The van der Waals surface area contributed by atoms with Gasteiger partial charge in [-0.15, -0.1) is 0 Å². The second kappa shape index (κ2) is 6.36. The summed E-state index contributed by atoms with van der Waals surface area (Å²) in [6.45, 7) is 4.36. The van der Waals surface area contributed by atoms with E-state index in [9.17, 15) is 5.11 Å². The SMILES string of the molecule is CCCNc1nccc(NCC(C)(O)CO)n1. The first kappa shape index (κ1) is 13.7. The molecule has 4 N–H and O–H groups in total. The molecule has 0 saturated carbocycles. The highest BCUT2D eigenvalue weighted by Crippen LogP contribution is 2.08. The van der Waals surface area contributed by atoms with Crippen LogP contribution in [0, 0.1) is 0 Å². The third kappa shape index (κ3) is 4.97. The van der Waals surface area contributed by atoms with Gasteiger partial charge in [0.2, 0.25) is 5.95 Å². The Morgan fingerprint density at radius 3 is 2.82 bits per heavy atom. The summed E-state index contributed by atoms with van der Waals surface area (Å²) in [5.41, 5.74) is -1.15. The van der Waals surface area contributed by atoms with E-state index in [4.69, 9.17) is 5.11 Å². The van der Waals surface area contributed by atoms with Gasteiger partial charge < -0.3 is 20.8 Å². The first-order chi connectivity index (χ1) is 8.07. The van der Waals surface area contributed by atoms with Gasteiger partial charge in [0.15, 0.2) is 0 Å². The molecular formula is C11H20N4O2. The number of hydrogen-bond acceptors (Lipinski definition) is 6. The predicted molar refractivity (Wildman–Crippen MR) is 67.0 cm³/mol. The Balaban J connectivity index is 2.53. The summed E-state index contributed by atoms with van der Waals surface area (Å²) in [5, 5.41) is 24.6. The smallest absolute Gasteiger partial charge is 0.224 e. The number of aliphatic hydroxyl groups is 2. The molecule has 96 valence electrons. The molecular weight excluding hydrogens is 220 g/mol. The largest absolute Gasteiger partial charge is 0.393 e. The summed E-state index contributed by atoms with van der Waals surface area (Å²) in [6, 6.07) is 1.71. The zero-order chi connectivity index (χ0) is 12.7. The third-order valence-electron chi connectivity index (χ3n) is 2.18. The quantitative estimate of drug-likeness (QED) is 0.553. The number of hydrogen-bond donors (Lipinski definition) is 4. The van der Waals surface area contributed by atoms with Gasteiger partial charge in [-0.25, -0.2) is 4.98 Å². The molecule has 6 nitrogen and oxygen atoms in total. The highest BCUT2D eigenvalue weighted by atomic mass is 16.3. The van der Waals surface area contributed by atoms with Crippen LogP contribution < -0.4 is 10.6 Å². The van der Waals surface area contributed by atoms with E-state index in [1.165, 1.54) is 0 Å². The van der Waals surface area contributed by atoms with Crippen LogP contribution in [0.15, 0.2) is 12.3 Å². The van der Waals surface area contributed by atoms with Gasteiger partial charge in [-0.3, -0.25) is 0 Å². The van der Waals surface area contributed by atoms with Gasteiger partial charge in [-0.05, 0) is 19.4 Å². The van der Waals surface area contributed by atoms with Crippen LogP contribution >= 0.6 is 0 Å². The molecule has 17 heavy (non-hydrogen) atoms. The topological polar surface area (TPSA) is 90.3 Å². The lowest BCUT2D eigenvalue weighted by atomic mass is 10.1. The molecule has 0 radical (unpaired) electrons. The fourth-order valence-corrected chi connectivity index (χ4v) is 1.12. The van der Waals surface area contributed by atoms with Gasteiger partial charge in [-0.2, -0.15) is 4.98 Å². The van der Waals surface area contributed by atoms with Crippen molar-refractivity contribution in [3.05, 3.63) is 12.3 Å². The van der Waals surface area contributed by atoms with Crippen LogP contribution in [-0.2, 0) is 0 Å². The summed E-state index contributed by atoms with van der Waals surface area (Å²) >= 11 is 0. The third-order valence-corrected chi connectivity index (χ3v) is 2.18. The molecule has 0 spiro atoms. The minimum absolute atomic E-state index is 0.230. The van der Waals surface area contributed by atoms with Crippen LogP contribution in [-0.4, -0.2) is 45.5 Å². The number of anilines is 2. The lowest BCUT2D eigenvalue weighted by Crippen LogP contribution is -2.37. The molecule has 6 heteroatoms. The van der Waals surface area contributed by atoms with Crippen LogP contribution in [0.5, 0.6) is 0 Å². The molecule has 0 aromatic carbocycles. The molecule has 1 aromatic heterocycles. The maximum atomic E-state index is 9.62. The number of aromatic nitrogens is 2. The van der Waals surface area contributed by atoms with Crippen LogP contribution in [0.2, 0.25) is 0 Å². The van der Waals surface area contributed by atoms with Crippen molar-refractivity contribution < 1.29 is 10.2 Å². The molecule has 0 bridgehead atoms. The van der Waals surface area contributed by atoms with Gasteiger partial charge in [0.25, 0.3) is 0 Å². The van der Waals surface area contributed by atoms with E-state index in [1.54, 1.807) is 19.2 Å². The Bertz CT molecular complexity index is 344. The molecule has 0 aliphatic carbocycles. The average molecular weight is 240 g/mol. The van der Waals surface area contributed by atoms with Crippen molar-refractivity contribution in [2.45, 2.75) is 25.9 Å². The van der Waals surface area contributed by atoms with Crippen LogP contribution in [0.3, 0.4) is 0 Å². The van der Waals surface area contributed by atoms with Gasteiger partial charge in [-0.1, -0.05) is 6.92 Å². The van der Waals surface area contributed by atoms with Crippen LogP contribution in [0.25, 0.3) is 0 Å². The van der Waals surface area contributed by atoms with E-state index >= 15 is 0 Å². The predicted octanol–water partition coefficient (Wildman–Crippen LogP) is 0.454. The van der Waals surface area contributed by atoms with Crippen molar-refractivity contribution >= 4 is 11.8 Å². The van der Waals surface area contributed by atoms with Gasteiger partial charge in [0.1, 0.15) is 11.4 Å². The molecule has 0 saturated heterocycles. The number of aliphatic hydroxyl groups excluding tert-OH is 1. The fourth-order valence-electron chi connectivity index (χ4n) is 1.12. The van der Waals surface area contributed by atoms with E-state index < -0.39 is 5.60 Å². The number of nitrogens with one attached hydrogen (secondary N) is 2. The van der Waals surface area contributed by atoms with Gasteiger partial charge >= 0.3 is 0 Å². The molecule has 0 amide bonds. The van der Waals surface area contributed by atoms with Gasteiger partial charge in [0, 0.05) is 19.3 Å². The fraction of sp³-hybridized carbons (Fsp3) is 0.636. The second-order valence-corrected chi connectivity index (χ2v) is 4.20. The molecule has 1 unspecified atom stereocenters. The second-order valence-electron chi connectivity index (χ2n) is 4.20. The number of rotatable bonds is 7. The van der Waals surface area contributed by atoms with Gasteiger partial charge in [0.05, 0.1) is 6.61 Å². The first-order valence-corrected chi connectivity index (χ1v) is 5.71. The minimum atomic E-state index is -1.15. The summed E-state index contributed by atoms with van der Waals surface area (Å²) in [4.78, 5) is 8.29. The maximum Gasteiger partial charge on any atom is 0.224 e. The Morgan fingerprint density at radius 1 is 1.41 bits per heavy atom. The maximum absolute atomic E-state index is 9.62. The van der Waals surface area contributed by atoms with Crippen molar-refractivity contribution in [2.24, 2.45) is 0 Å². The van der Waals surface area contributed by atoms with Crippen molar-refractivity contribution in [1.29, 1.82) is 0 Å².